The first kappa shape index (κ1) is 31.8. The lowest BCUT2D eigenvalue weighted by Gasteiger charge is -2.14. The van der Waals surface area contributed by atoms with Gasteiger partial charge in [0.15, 0.2) is 0 Å². The Morgan fingerprint density at radius 1 is 0.651 bits per heavy atom. The first-order chi connectivity index (χ1) is 20.6. The number of allylic oxidation sites excluding steroid dienone is 2. The van der Waals surface area contributed by atoms with E-state index in [0.29, 0.717) is 51.4 Å². The quantitative estimate of drug-likeness (QED) is 0.155. The molecular formula is C34H25F3N4O2. The Kier molecular flexibility index (Phi) is 9.47. The number of nitriles is 4. The molecular weight excluding hydrogens is 553 g/mol. The summed E-state index contributed by atoms with van der Waals surface area (Å²) in [7, 11) is 0. The molecule has 0 fully saturated rings. The van der Waals surface area contributed by atoms with Crippen molar-refractivity contribution in [3.05, 3.63) is 94.5 Å². The van der Waals surface area contributed by atoms with Crippen molar-refractivity contribution in [2.24, 2.45) is 0 Å². The monoisotopic (exact) mass is 578 g/mol. The molecule has 0 unspecified atom stereocenters. The Hall–Kier alpha value is -5.77. The second-order valence-corrected chi connectivity index (χ2v) is 8.64. The maximum atomic E-state index is 13.6. The van der Waals surface area contributed by atoms with E-state index in [1.807, 2.05) is 52.0 Å². The molecule has 0 aliphatic heterocycles. The fourth-order valence-corrected chi connectivity index (χ4v) is 5.03. The minimum atomic E-state index is -3.48. The average Bonchev–Trinajstić information content (AvgIpc) is 3.48. The van der Waals surface area contributed by atoms with Crippen LogP contribution in [0.2, 0.25) is 0 Å². The zero-order valence-electron chi connectivity index (χ0n) is 24.1. The highest BCUT2D eigenvalue weighted by atomic mass is 19.3. The third kappa shape index (κ3) is 5.71. The van der Waals surface area contributed by atoms with Gasteiger partial charge in [-0.25, -0.2) is 0 Å². The summed E-state index contributed by atoms with van der Waals surface area (Å²) in [5, 5.41) is 39.1. The molecule has 2 aliphatic rings. The van der Waals surface area contributed by atoms with E-state index >= 15 is 0 Å². The van der Waals surface area contributed by atoms with Crippen LogP contribution in [0.25, 0.3) is 33.4 Å². The zero-order valence-corrected chi connectivity index (χ0v) is 24.1. The van der Waals surface area contributed by atoms with Gasteiger partial charge in [-0.2, -0.15) is 34.2 Å². The first-order valence-corrected chi connectivity index (χ1v) is 13.3. The van der Waals surface area contributed by atoms with Crippen LogP contribution in [-0.2, 0) is 0 Å². The molecule has 3 aromatic carbocycles. The van der Waals surface area contributed by atoms with E-state index in [1.54, 1.807) is 18.2 Å². The summed E-state index contributed by atoms with van der Waals surface area (Å²) in [6.07, 6.45) is -3.48. The molecule has 6 nitrogen and oxygen atoms in total. The largest absolute Gasteiger partial charge is 0.433 e. The third-order valence-electron chi connectivity index (χ3n) is 6.28. The standard InChI is InChI=1S/C30H13F3N4O2.2C2H6/c1-15(31)38-18-3-5-20-21-7-8-23-26(16(11-34)12-35)25-10-19(39-30(2,32)33)4-6-22(25)28(23)29(21)27(24(20)9-18)17(13-36)14-37;2*1-2/h3-10H,1H2,2H3;2*1-2H3. The summed E-state index contributed by atoms with van der Waals surface area (Å²) >= 11 is 0. The Labute approximate surface area is 248 Å². The van der Waals surface area contributed by atoms with Gasteiger partial charge in [0.2, 0.25) is 0 Å². The lowest BCUT2D eigenvalue weighted by molar-refractivity contribution is -0.158. The molecule has 0 amide bonds. The minimum absolute atomic E-state index is 0.0953. The number of hydrogen-bond acceptors (Lipinski definition) is 6. The van der Waals surface area contributed by atoms with E-state index in [0.717, 1.165) is 0 Å². The minimum Gasteiger partial charge on any atom is -0.433 e. The lowest BCUT2D eigenvalue weighted by Crippen LogP contribution is -2.19. The Bertz CT molecular complexity index is 1840. The van der Waals surface area contributed by atoms with Crippen LogP contribution < -0.4 is 9.47 Å². The number of halogens is 3. The molecule has 3 aromatic rings. The molecule has 0 saturated carbocycles. The summed E-state index contributed by atoms with van der Waals surface area (Å²) in [4.78, 5) is 0. The predicted molar refractivity (Wildman–Crippen MR) is 157 cm³/mol. The summed E-state index contributed by atoms with van der Waals surface area (Å²) in [5.74, 6) is -0.0848. The molecule has 0 bridgehead atoms. The van der Waals surface area contributed by atoms with Gasteiger partial charge in [0.1, 0.15) is 46.9 Å². The summed E-state index contributed by atoms with van der Waals surface area (Å²) in [6.45, 7) is 11.7. The molecule has 0 aromatic heterocycles. The molecule has 0 heterocycles. The molecule has 5 rings (SSSR count). The molecule has 214 valence electrons. The smallest absolute Gasteiger partial charge is 0.394 e. The van der Waals surface area contributed by atoms with Crippen LogP contribution in [0.15, 0.2) is 72.3 Å². The SMILES string of the molecule is C=C(F)Oc1ccc2c(c1)C(=C(C#N)C#N)c1c-2ccc2c1-c1ccc(OC(C)(F)F)cc1C2=C(C#N)C#N.CC.CC. The second-order valence-electron chi connectivity index (χ2n) is 8.64. The van der Waals surface area contributed by atoms with Gasteiger partial charge in [-0.3, -0.25) is 0 Å². The second kappa shape index (κ2) is 12.8. The van der Waals surface area contributed by atoms with Crippen molar-refractivity contribution in [1.29, 1.82) is 21.0 Å². The summed E-state index contributed by atoms with van der Waals surface area (Å²) in [6, 6.07) is 18.7. The van der Waals surface area contributed by atoms with E-state index in [2.05, 4.69) is 6.58 Å². The predicted octanol–water partition coefficient (Wildman–Crippen LogP) is 9.21. The van der Waals surface area contributed by atoms with Crippen molar-refractivity contribution >= 4 is 11.1 Å². The van der Waals surface area contributed by atoms with Gasteiger partial charge in [0, 0.05) is 23.6 Å². The highest BCUT2D eigenvalue weighted by Gasteiger charge is 2.37. The summed E-state index contributed by atoms with van der Waals surface area (Å²) < 4.78 is 50.4. The van der Waals surface area contributed by atoms with Crippen LogP contribution in [0, 0.1) is 45.3 Å². The van der Waals surface area contributed by atoms with Crippen molar-refractivity contribution < 1.29 is 22.6 Å². The van der Waals surface area contributed by atoms with E-state index in [9.17, 15) is 34.2 Å². The first-order valence-electron chi connectivity index (χ1n) is 13.3. The maximum Gasteiger partial charge on any atom is 0.394 e. The number of hydrogen-bond donors (Lipinski definition) is 0. The molecule has 2 aliphatic carbocycles. The number of nitrogens with zero attached hydrogens (tertiary/aromatic N) is 4. The fraction of sp³-hybridized carbons (Fsp3) is 0.176. The zero-order chi connectivity index (χ0) is 32.1. The number of benzene rings is 3. The van der Waals surface area contributed by atoms with Gasteiger partial charge in [-0.15, -0.1) is 0 Å². The van der Waals surface area contributed by atoms with Gasteiger partial charge in [-0.05, 0) is 69.8 Å². The Morgan fingerprint density at radius 2 is 1.12 bits per heavy atom. The molecule has 0 radical (unpaired) electrons. The van der Waals surface area contributed by atoms with Gasteiger partial charge in [0.25, 0.3) is 6.01 Å². The van der Waals surface area contributed by atoms with Gasteiger partial charge in [0.05, 0.1) is 0 Å². The Balaban J connectivity index is 0.00000121. The average molecular weight is 579 g/mol. The van der Waals surface area contributed by atoms with Crippen LogP contribution in [0.4, 0.5) is 13.2 Å². The van der Waals surface area contributed by atoms with Crippen molar-refractivity contribution in [2.75, 3.05) is 0 Å². The summed E-state index contributed by atoms with van der Waals surface area (Å²) in [5.41, 5.74) is 3.88. The van der Waals surface area contributed by atoms with E-state index in [1.165, 1.54) is 30.3 Å². The van der Waals surface area contributed by atoms with Gasteiger partial charge < -0.3 is 9.47 Å². The lowest BCUT2D eigenvalue weighted by atomic mass is 9.90. The van der Waals surface area contributed by atoms with E-state index in [-0.39, 0.29) is 33.8 Å². The van der Waals surface area contributed by atoms with E-state index in [4.69, 9.17) is 9.47 Å². The van der Waals surface area contributed by atoms with Crippen LogP contribution in [-0.4, -0.2) is 6.11 Å². The highest BCUT2D eigenvalue weighted by molar-refractivity contribution is 6.15. The normalized spacial score (nSPS) is 11.2. The van der Waals surface area contributed by atoms with Gasteiger partial charge in [-0.1, -0.05) is 52.0 Å². The van der Waals surface area contributed by atoms with Crippen molar-refractivity contribution in [1.82, 2.24) is 0 Å². The number of alkyl halides is 2. The molecule has 43 heavy (non-hydrogen) atoms. The van der Waals surface area contributed by atoms with Crippen LogP contribution in [0.5, 0.6) is 11.5 Å². The van der Waals surface area contributed by atoms with Crippen LogP contribution >= 0.6 is 0 Å². The van der Waals surface area contributed by atoms with Crippen LogP contribution in [0.1, 0.15) is 56.9 Å². The number of fused-ring (bicyclic) bond motifs is 7. The molecule has 0 atom stereocenters. The number of rotatable bonds is 4. The van der Waals surface area contributed by atoms with Crippen molar-refractivity contribution in [2.45, 2.75) is 40.7 Å². The van der Waals surface area contributed by atoms with Crippen molar-refractivity contribution in [3.63, 3.8) is 0 Å². The molecule has 0 N–H and O–H groups in total. The highest BCUT2D eigenvalue weighted by Crippen LogP contribution is 2.57. The van der Waals surface area contributed by atoms with Crippen LogP contribution in [0.3, 0.4) is 0 Å². The molecule has 9 heteroatoms. The van der Waals surface area contributed by atoms with E-state index < -0.39 is 12.1 Å². The Morgan fingerprint density at radius 3 is 1.67 bits per heavy atom. The molecule has 0 saturated heterocycles. The third-order valence-corrected chi connectivity index (χ3v) is 6.28. The van der Waals surface area contributed by atoms with Gasteiger partial charge >= 0.3 is 6.11 Å². The maximum absolute atomic E-state index is 13.6. The fourth-order valence-electron chi connectivity index (χ4n) is 5.03. The topological polar surface area (TPSA) is 114 Å². The molecule has 0 spiro atoms. The number of ether oxygens (including phenoxy) is 2. The van der Waals surface area contributed by atoms with Crippen molar-refractivity contribution in [3.8, 4) is 58.0 Å².